The van der Waals surface area contributed by atoms with Crippen LogP contribution in [-0.4, -0.2) is 37.6 Å². The van der Waals surface area contributed by atoms with Crippen molar-refractivity contribution >= 4 is 28.9 Å². The summed E-state index contributed by atoms with van der Waals surface area (Å²) in [5.74, 6) is -0.732. The Morgan fingerprint density at radius 2 is 1.65 bits per heavy atom. The molecule has 0 radical (unpaired) electrons. The minimum absolute atomic E-state index is 0.0608. The highest BCUT2D eigenvalue weighted by atomic mass is 16.6. The van der Waals surface area contributed by atoms with Crippen LogP contribution in [0, 0.1) is 10.1 Å². The molecule has 0 aromatic heterocycles. The molecule has 0 aliphatic heterocycles. The fourth-order valence-corrected chi connectivity index (χ4v) is 2.14. The van der Waals surface area contributed by atoms with Crippen molar-refractivity contribution in [2.45, 2.75) is 0 Å². The molecule has 0 saturated heterocycles. The fourth-order valence-electron chi connectivity index (χ4n) is 2.14. The van der Waals surface area contributed by atoms with Crippen molar-refractivity contribution in [2.75, 3.05) is 31.5 Å². The maximum absolute atomic E-state index is 12.3. The Morgan fingerprint density at radius 1 is 1.04 bits per heavy atom. The third-order valence-corrected chi connectivity index (χ3v) is 3.34. The van der Waals surface area contributed by atoms with E-state index in [2.05, 4.69) is 10.6 Å². The molecule has 0 aliphatic rings. The number of hydrogen-bond acceptors (Lipinski definition) is 6. The summed E-state index contributed by atoms with van der Waals surface area (Å²) in [6, 6.07) is 10.4. The number of hydrogen-bond donors (Lipinski definition) is 2. The van der Waals surface area contributed by atoms with Gasteiger partial charge in [-0.25, -0.2) is 0 Å². The van der Waals surface area contributed by atoms with Gasteiger partial charge in [0.15, 0.2) is 5.75 Å². The average molecular weight is 359 g/mol. The largest absolute Gasteiger partial charge is 0.490 e. The Morgan fingerprint density at radius 3 is 2.19 bits per heavy atom. The number of nitrogens with zero attached hydrogens (tertiary/aromatic N) is 1. The van der Waals surface area contributed by atoms with Gasteiger partial charge in [0.1, 0.15) is 6.61 Å². The molecule has 0 aliphatic carbocycles. The van der Waals surface area contributed by atoms with Crippen LogP contribution >= 0.6 is 0 Å². The smallest absolute Gasteiger partial charge is 0.311 e. The van der Waals surface area contributed by atoms with Gasteiger partial charge in [0, 0.05) is 30.1 Å². The van der Waals surface area contributed by atoms with E-state index >= 15 is 0 Å². The Labute approximate surface area is 149 Å². The summed E-state index contributed by atoms with van der Waals surface area (Å²) in [7, 11) is 2.73. The highest BCUT2D eigenvalue weighted by Gasteiger charge is 2.18. The second-order valence-electron chi connectivity index (χ2n) is 5.16. The van der Waals surface area contributed by atoms with E-state index in [9.17, 15) is 19.7 Å². The predicted octanol–water partition coefficient (Wildman–Crippen LogP) is 2.44. The number of carbonyl (C=O) groups excluding carboxylic acids is 2. The summed E-state index contributed by atoms with van der Waals surface area (Å²) in [5.41, 5.74) is 0.842. The van der Waals surface area contributed by atoms with Gasteiger partial charge >= 0.3 is 5.69 Å². The number of benzene rings is 2. The van der Waals surface area contributed by atoms with E-state index in [1.165, 1.54) is 26.4 Å². The van der Waals surface area contributed by atoms with Crippen LogP contribution in [0.3, 0.4) is 0 Å². The molecule has 9 nitrogen and oxygen atoms in total. The zero-order valence-corrected chi connectivity index (χ0v) is 14.1. The lowest BCUT2D eigenvalue weighted by atomic mass is 10.1. The number of anilines is 2. The van der Waals surface area contributed by atoms with Crippen LogP contribution in [0.15, 0.2) is 42.5 Å². The van der Waals surface area contributed by atoms with Crippen LogP contribution in [-0.2, 0) is 9.53 Å². The molecule has 2 aromatic carbocycles. The molecule has 2 N–H and O–H groups in total. The predicted molar refractivity (Wildman–Crippen MR) is 94.5 cm³/mol. The summed E-state index contributed by atoms with van der Waals surface area (Å²) in [5, 5.41) is 16.3. The number of ether oxygens (including phenoxy) is 2. The molecule has 0 fully saturated rings. The number of carbonyl (C=O) groups is 2. The first-order chi connectivity index (χ1) is 12.4. The number of rotatable bonds is 7. The van der Waals surface area contributed by atoms with Gasteiger partial charge in [0.25, 0.3) is 5.91 Å². The standard InChI is InChI=1S/C17H17N3O6/c1-25-10-16(21)18-12-4-6-13(7-5-12)19-17(22)11-3-8-15(26-2)14(9-11)20(23)24/h3-9H,10H2,1-2H3,(H,18,21)(H,19,22). The Bertz CT molecular complexity index is 820. The van der Waals surface area contributed by atoms with Gasteiger partial charge < -0.3 is 20.1 Å². The molecule has 0 bridgehead atoms. The first-order valence-corrected chi connectivity index (χ1v) is 7.47. The van der Waals surface area contributed by atoms with Crippen LogP contribution in [0.4, 0.5) is 17.1 Å². The molecular formula is C17H17N3O6. The third kappa shape index (κ3) is 4.77. The van der Waals surface area contributed by atoms with Crippen molar-refractivity contribution in [1.29, 1.82) is 0 Å². The van der Waals surface area contributed by atoms with E-state index in [1.54, 1.807) is 24.3 Å². The first kappa shape index (κ1) is 18.9. The van der Waals surface area contributed by atoms with Crippen LogP contribution in [0.5, 0.6) is 5.75 Å². The zero-order valence-electron chi connectivity index (χ0n) is 14.1. The molecule has 9 heteroatoms. The monoisotopic (exact) mass is 359 g/mol. The van der Waals surface area contributed by atoms with Gasteiger partial charge in [-0.1, -0.05) is 0 Å². The Balaban J connectivity index is 2.09. The highest BCUT2D eigenvalue weighted by molar-refractivity contribution is 6.05. The molecule has 0 saturated carbocycles. The quantitative estimate of drug-likeness (QED) is 0.579. The second-order valence-corrected chi connectivity index (χ2v) is 5.16. The third-order valence-electron chi connectivity index (χ3n) is 3.34. The van der Waals surface area contributed by atoms with E-state index in [-0.39, 0.29) is 29.5 Å². The highest BCUT2D eigenvalue weighted by Crippen LogP contribution is 2.27. The SMILES string of the molecule is COCC(=O)Nc1ccc(NC(=O)c2ccc(OC)c([N+](=O)[O-])c2)cc1. The van der Waals surface area contributed by atoms with Crippen LogP contribution in [0.1, 0.15) is 10.4 Å². The normalized spacial score (nSPS) is 10.1. The lowest BCUT2D eigenvalue weighted by molar-refractivity contribution is -0.385. The van der Waals surface area contributed by atoms with Crippen molar-refractivity contribution in [3.63, 3.8) is 0 Å². The topological polar surface area (TPSA) is 120 Å². The fraction of sp³-hybridized carbons (Fsp3) is 0.176. The van der Waals surface area contributed by atoms with Gasteiger partial charge in [-0.15, -0.1) is 0 Å². The summed E-state index contributed by atoms with van der Waals surface area (Å²) >= 11 is 0. The molecule has 136 valence electrons. The van der Waals surface area contributed by atoms with E-state index < -0.39 is 10.8 Å². The molecule has 2 aromatic rings. The summed E-state index contributed by atoms with van der Waals surface area (Å²) in [6.07, 6.45) is 0. The first-order valence-electron chi connectivity index (χ1n) is 7.47. The van der Waals surface area contributed by atoms with E-state index in [0.29, 0.717) is 11.4 Å². The average Bonchev–Trinajstić information content (AvgIpc) is 2.62. The number of nitro groups is 1. The van der Waals surface area contributed by atoms with Crippen LogP contribution in [0.2, 0.25) is 0 Å². The minimum Gasteiger partial charge on any atom is -0.490 e. The van der Waals surface area contributed by atoms with Crippen LogP contribution in [0.25, 0.3) is 0 Å². The summed E-state index contributed by atoms with van der Waals surface area (Å²) in [4.78, 5) is 34.1. The maximum Gasteiger partial charge on any atom is 0.311 e. The molecule has 0 heterocycles. The zero-order chi connectivity index (χ0) is 19.1. The van der Waals surface area contributed by atoms with E-state index in [0.717, 1.165) is 6.07 Å². The van der Waals surface area contributed by atoms with Gasteiger partial charge in [-0.3, -0.25) is 19.7 Å². The molecule has 26 heavy (non-hydrogen) atoms. The van der Waals surface area contributed by atoms with Gasteiger partial charge in [-0.2, -0.15) is 0 Å². The van der Waals surface area contributed by atoms with Gasteiger partial charge in [0.05, 0.1) is 12.0 Å². The molecule has 2 rings (SSSR count). The van der Waals surface area contributed by atoms with E-state index in [4.69, 9.17) is 9.47 Å². The lowest BCUT2D eigenvalue weighted by Crippen LogP contribution is -2.17. The Kier molecular flexibility index (Phi) is 6.23. The number of amides is 2. The summed E-state index contributed by atoms with van der Waals surface area (Å²) < 4.78 is 9.62. The van der Waals surface area contributed by atoms with Crippen LogP contribution < -0.4 is 15.4 Å². The van der Waals surface area contributed by atoms with Crippen molar-refractivity contribution in [3.8, 4) is 5.75 Å². The number of nitrogens with one attached hydrogen (secondary N) is 2. The molecule has 0 spiro atoms. The summed E-state index contributed by atoms with van der Waals surface area (Å²) in [6.45, 7) is -0.0608. The van der Waals surface area contributed by atoms with Crippen molar-refractivity contribution in [2.24, 2.45) is 0 Å². The van der Waals surface area contributed by atoms with E-state index in [1.807, 2.05) is 0 Å². The maximum atomic E-state index is 12.3. The minimum atomic E-state index is -0.618. The van der Waals surface area contributed by atoms with Crippen molar-refractivity contribution in [3.05, 3.63) is 58.1 Å². The molecule has 2 amide bonds. The van der Waals surface area contributed by atoms with Crippen molar-refractivity contribution < 1.29 is 24.0 Å². The molecular weight excluding hydrogens is 342 g/mol. The second kappa shape index (κ2) is 8.58. The number of nitro benzene ring substituents is 1. The van der Waals surface area contributed by atoms with Gasteiger partial charge in [-0.05, 0) is 36.4 Å². The molecule has 0 atom stereocenters. The number of methoxy groups -OCH3 is 2. The van der Waals surface area contributed by atoms with Crippen molar-refractivity contribution in [1.82, 2.24) is 0 Å². The lowest BCUT2D eigenvalue weighted by Gasteiger charge is -2.08. The van der Waals surface area contributed by atoms with Gasteiger partial charge in [0.2, 0.25) is 5.91 Å². The molecule has 0 unspecified atom stereocenters. The Hall–Kier alpha value is -3.46.